The zero-order valence-corrected chi connectivity index (χ0v) is 11.1. The van der Waals surface area contributed by atoms with Gasteiger partial charge in [-0.1, -0.05) is 12.1 Å². The van der Waals surface area contributed by atoms with Crippen molar-refractivity contribution < 1.29 is 0 Å². The molecule has 20 heavy (non-hydrogen) atoms. The first kappa shape index (κ1) is 11.1. The molecule has 0 aliphatic rings. The zero-order chi connectivity index (χ0) is 13.7. The fourth-order valence-electron chi connectivity index (χ4n) is 2.74. The Kier molecular flexibility index (Phi) is 2.15. The lowest BCUT2D eigenvalue weighted by molar-refractivity contribution is 0.969. The number of aromatic nitrogens is 3. The summed E-state index contributed by atoms with van der Waals surface area (Å²) < 4.78 is 2.11. The second kappa shape index (κ2) is 3.87. The van der Waals surface area contributed by atoms with Crippen LogP contribution in [-0.2, 0) is 7.05 Å². The van der Waals surface area contributed by atoms with Crippen molar-refractivity contribution in [1.29, 1.82) is 0 Å². The second-order valence-corrected chi connectivity index (χ2v) is 5.04. The maximum Gasteiger partial charge on any atom is 0.102 e. The minimum atomic E-state index is 0.749. The van der Waals surface area contributed by atoms with E-state index in [1.807, 2.05) is 25.2 Å². The SMILES string of the molecule is Cn1ccc2cc(-c3n[nH]c4cccc(N)c34)ccc21. The Morgan fingerprint density at radius 3 is 2.95 bits per heavy atom. The first-order chi connectivity index (χ1) is 9.74. The minimum Gasteiger partial charge on any atom is -0.398 e. The first-order valence-corrected chi connectivity index (χ1v) is 6.52. The van der Waals surface area contributed by atoms with Gasteiger partial charge in [0.05, 0.1) is 10.9 Å². The highest BCUT2D eigenvalue weighted by Gasteiger charge is 2.11. The third-order valence-electron chi connectivity index (χ3n) is 3.78. The highest BCUT2D eigenvalue weighted by Crippen LogP contribution is 2.32. The summed E-state index contributed by atoms with van der Waals surface area (Å²) in [5, 5.41) is 9.67. The molecular formula is C16H14N4. The molecule has 0 aliphatic carbocycles. The molecule has 0 saturated carbocycles. The zero-order valence-electron chi connectivity index (χ0n) is 11.1. The summed E-state index contributed by atoms with van der Waals surface area (Å²) >= 11 is 0. The number of aryl methyl sites for hydroxylation is 1. The Bertz CT molecular complexity index is 930. The highest BCUT2D eigenvalue weighted by atomic mass is 15.1. The van der Waals surface area contributed by atoms with E-state index in [0.29, 0.717) is 0 Å². The Balaban J connectivity index is 2.01. The summed E-state index contributed by atoms with van der Waals surface area (Å²) in [5.41, 5.74) is 11.0. The molecule has 4 nitrogen and oxygen atoms in total. The number of nitrogens with one attached hydrogen (secondary N) is 1. The molecule has 0 amide bonds. The monoisotopic (exact) mass is 262 g/mol. The van der Waals surface area contributed by atoms with Gasteiger partial charge in [0.15, 0.2) is 0 Å². The summed E-state index contributed by atoms with van der Waals surface area (Å²) in [5.74, 6) is 0. The molecule has 0 spiro atoms. The van der Waals surface area contributed by atoms with Crippen LogP contribution >= 0.6 is 0 Å². The summed E-state index contributed by atoms with van der Waals surface area (Å²) in [4.78, 5) is 0. The van der Waals surface area contributed by atoms with Crippen LogP contribution in [0.2, 0.25) is 0 Å². The Labute approximate surface area is 115 Å². The van der Waals surface area contributed by atoms with E-state index in [-0.39, 0.29) is 0 Å². The van der Waals surface area contributed by atoms with Crippen molar-refractivity contribution in [3.63, 3.8) is 0 Å². The van der Waals surface area contributed by atoms with Crippen molar-refractivity contribution >= 4 is 27.5 Å². The third-order valence-corrected chi connectivity index (χ3v) is 3.78. The molecule has 2 heterocycles. The van der Waals surface area contributed by atoms with Gasteiger partial charge in [0.1, 0.15) is 5.69 Å². The van der Waals surface area contributed by atoms with Gasteiger partial charge < -0.3 is 10.3 Å². The van der Waals surface area contributed by atoms with E-state index < -0.39 is 0 Å². The quantitative estimate of drug-likeness (QED) is 0.517. The van der Waals surface area contributed by atoms with Crippen LogP contribution in [0.4, 0.5) is 5.69 Å². The van der Waals surface area contributed by atoms with Crippen molar-refractivity contribution in [3.8, 4) is 11.3 Å². The van der Waals surface area contributed by atoms with E-state index in [1.165, 1.54) is 10.9 Å². The second-order valence-electron chi connectivity index (χ2n) is 5.04. The molecule has 0 aliphatic heterocycles. The summed E-state index contributed by atoms with van der Waals surface area (Å²) in [7, 11) is 2.05. The molecule has 0 saturated heterocycles. The van der Waals surface area contributed by atoms with Gasteiger partial charge in [-0.05, 0) is 30.3 Å². The maximum atomic E-state index is 6.09. The lowest BCUT2D eigenvalue weighted by Gasteiger charge is -2.02. The lowest BCUT2D eigenvalue weighted by atomic mass is 10.0. The van der Waals surface area contributed by atoms with Crippen LogP contribution in [0.1, 0.15) is 0 Å². The maximum absolute atomic E-state index is 6.09. The topological polar surface area (TPSA) is 59.6 Å². The number of nitrogen functional groups attached to an aromatic ring is 1. The number of aromatic amines is 1. The van der Waals surface area contributed by atoms with Gasteiger partial charge in [0.25, 0.3) is 0 Å². The van der Waals surface area contributed by atoms with Crippen LogP contribution in [-0.4, -0.2) is 14.8 Å². The Morgan fingerprint density at radius 2 is 2.05 bits per heavy atom. The molecule has 98 valence electrons. The average molecular weight is 262 g/mol. The van der Waals surface area contributed by atoms with E-state index in [1.54, 1.807) is 0 Å². The molecule has 0 unspecified atom stereocenters. The molecule has 0 atom stereocenters. The molecular weight excluding hydrogens is 248 g/mol. The van der Waals surface area contributed by atoms with Gasteiger partial charge in [0, 0.05) is 35.4 Å². The molecule has 0 radical (unpaired) electrons. The van der Waals surface area contributed by atoms with Crippen LogP contribution in [0.3, 0.4) is 0 Å². The van der Waals surface area contributed by atoms with Gasteiger partial charge in [-0.25, -0.2) is 0 Å². The van der Waals surface area contributed by atoms with E-state index in [2.05, 4.69) is 45.2 Å². The fourth-order valence-corrected chi connectivity index (χ4v) is 2.74. The van der Waals surface area contributed by atoms with Crippen LogP contribution < -0.4 is 5.73 Å². The molecule has 4 rings (SSSR count). The predicted molar refractivity (Wildman–Crippen MR) is 82.4 cm³/mol. The van der Waals surface area contributed by atoms with Crippen LogP contribution in [0.5, 0.6) is 0 Å². The summed E-state index contributed by atoms with van der Waals surface area (Å²) in [6, 6.07) is 14.3. The third kappa shape index (κ3) is 1.45. The van der Waals surface area contributed by atoms with Gasteiger partial charge >= 0.3 is 0 Å². The molecule has 4 aromatic rings. The first-order valence-electron chi connectivity index (χ1n) is 6.52. The van der Waals surface area contributed by atoms with Gasteiger partial charge in [-0.2, -0.15) is 5.10 Å². The number of nitrogens with zero attached hydrogens (tertiary/aromatic N) is 2. The molecule has 0 fully saturated rings. The van der Waals surface area contributed by atoms with E-state index >= 15 is 0 Å². The number of H-pyrrole nitrogens is 1. The smallest absolute Gasteiger partial charge is 0.102 e. The number of hydrogen-bond donors (Lipinski definition) is 2. The van der Waals surface area contributed by atoms with Gasteiger partial charge in [0.2, 0.25) is 0 Å². The van der Waals surface area contributed by atoms with E-state index in [4.69, 9.17) is 5.73 Å². The fraction of sp³-hybridized carbons (Fsp3) is 0.0625. The normalized spacial score (nSPS) is 11.4. The minimum absolute atomic E-state index is 0.749. The Morgan fingerprint density at radius 1 is 1.15 bits per heavy atom. The highest BCUT2D eigenvalue weighted by molar-refractivity contribution is 6.02. The molecule has 4 heteroatoms. The molecule has 2 aromatic carbocycles. The summed E-state index contributed by atoms with van der Waals surface area (Å²) in [6.07, 6.45) is 2.06. The number of anilines is 1. The predicted octanol–water partition coefficient (Wildman–Crippen LogP) is 3.30. The largest absolute Gasteiger partial charge is 0.398 e. The number of rotatable bonds is 1. The number of hydrogen-bond acceptors (Lipinski definition) is 2. The van der Waals surface area contributed by atoms with E-state index in [9.17, 15) is 0 Å². The van der Waals surface area contributed by atoms with Gasteiger partial charge in [-0.3, -0.25) is 5.10 Å². The van der Waals surface area contributed by atoms with Crippen molar-refractivity contribution in [3.05, 3.63) is 48.7 Å². The van der Waals surface area contributed by atoms with Crippen LogP contribution in [0.15, 0.2) is 48.7 Å². The number of benzene rings is 2. The van der Waals surface area contributed by atoms with Gasteiger partial charge in [-0.15, -0.1) is 0 Å². The van der Waals surface area contributed by atoms with E-state index in [0.717, 1.165) is 27.8 Å². The molecule has 3 N–H and O–H groups in total. The Hall–Kier alpha value is -2.75. The van der Waals surface area contributed by atoms with Crippen molar-refractivity contribution in [2.75, 3.05) is 5.73 Å². The van der Waals surface area contributed by atoms with Crippen molar-refractivity contribution in [1.82, 2.24) is 14.8 Å². The average Bonchev–Trinajstić information content (AvgIpc) is 3.04. The van der Waals surface area contributed by atoms with Crippen LogP contribution in [0, 0.1) is 0 Å². The standard InChI is InChI=1S/C16H14N4/c1-20-8-7-10-9-11(5-6-14(10)20)16-15-12(17)3-2-4-13(15)18-19-16/h2-9H,17H2,1H3,(H,18,19). The van der Waals surface area contributed by atoms with Crippen LogP contribution in [0.25, 0.3) is 33.1 Å². The van der Waals surface area contributed by atoms with Crippen molar-refractivity contribution in [2.45, 2.75) is 0 Å². The number of fused-ring (bicyclic) bond motifs is 2. The summed E-state index contributed by atoms with van der Waals surface area (Å²) in [6.45, 7) is 0. The van der Waals surface area contributed by atoms with Crippen molar-refractivity contribution in [2.24, 2.45) is 7.05 Å². The number of nitrogens with two attached hydrogens (primary N) is 1. The lowest BCUT2D eigenvalue weighted by Crippen LogP contribution is -1.87. The molecule has 0 bridgehead atoms. The molecule has 2 aromatic heterocycles.